The third-order valence-electron chi connectivity index (χ3n) is 2.69. The molecule has 1 aromatic carbocycles. The summed E-state index contributed by atoms with van der Waals surface area (Å²) >= 11 is 0.671. The summed E-state index contributed by atoms with van der Waals surface area (Å²) in [6.45, 7) is -0.0405. The zero-order chi connectivity index (χ0) is 17.7. The summed E-state index contributed by atoms with van der Waals surface area (Å²) in [5.41, 5.74) is -1.16. The van der Waals surface area contributed by atoms with Crippen LogP contribution in [0.4, 0.5) is 24.0 Å². The molecule has 2 aromatic rings. The van der Waals surface area contributed by atoms with E-state index >= 15 is 0 Å². The molecule has 1 aromatic heterocycles. The van der Waals surface area contributed by atoms with Crippen LogP contribution in [0.25, 0.3) is 0 Å². The number of thiazole rings is 1. The van der Waals surface area contributed by atoms with Crippen LogP contribution in [-0.2, 0) is 11.0 Å². The molecule has 1 heterocycles. The lowest BCUT2D eigenvalue weighted by molar-refractivity contribution is -0.384. The van der Waals surface area contributed by atoms with Gasteiger partial charge in [0.25, 0.3) is 5.69 Å². The van der Waals surface area contributed by atoms with Gasteiger partial charge in [-0.15, -0.1) is 11.3 Å². The number of carbonyl (C=O) groups is 1. The van der Waals surface area contributed by atoms with Crippen molar-refractivity contribution in [2.24, 2.45) is 0 Å². The molecule has 0 atom stereocenters. The summed E-state index contributed by atoms with van der Waals surface area (Å²) < 4.78 is 42.4. The van der Waals surface area contributed by atoms with Gasteiger partial charge in [0.1, 0.15) is 5.75 Å². The molecule has 2 rings (SSSR count). The Hall–Kier alpha value is -2.69. The van der Waals surface area contributed by atoms with Crippen LogP contribution in [0, 0.1) is 10.1 Å². The third-order valence-corrected chi connectivity index (χ3v) is 3.44. The van der Waals surface area contributed by atoms with Crippen molar-refractivity contribution in [1.29, 1.82) is 0 Å². The monoisotopic (exact) mass is 361 g/mol. The summed E-state index contributed by atoms with van der Waals surface area (Å²) in [5.74, 6) is -0.220. The number of anilines is 1. The van der Waals surface area contributed by atoms with E-state index in [-0.39, 0.29) is 23.8 Å². The number of non-ortho nitro benzene ring substituents is 1. The number of alkyl halides is 3. The van der Waals surface area contributed by atoms with Crippen molar-refractivity contribution in [3.63, 3.8) is 0 Å². The highest BCUT2D eigenvalue weighted by Crippen LogP contribution is 2.31. The number of nitro benzene ring substituents is 1. The van der Waals surface area contributed by atoms with Crippen molar-refractivity contribution in [3.05, 3.63) is 45.5 Å². The smallest absolute Gasteiger partial charge is 0.434 e. The topological polar surface area (TPSA) is 94.4 Å². The number of nitrogens with one attached hydrogen (secondary N) is 1. The molecule has 0 saturated heterocycles. The first-order chi connectivity index (χ1) is 11.3. The Morgan fingerprint density at radius 1 is 1.33 bits per heavy atom. The van der Waals surface area contributed by atoms with E-state index in [1.807, 2.05) is 0 Å². The van der Waals surface area contributed by atoms with Crippen LogP contribution in [0.1, 0.15) is 12.1 Å². The second-order valence-electron chi connectivity index (χ2n) is 4.43. The van der Waals surface area contributed by atoms with Crippen LogP contribution < -0.4 is 10.1 Å². The van der Waals surface area contributed by atoms with Gasteiger partial charge in [-0.05, 0) is 12.1 Å². The van der Waals surface area contributed by atoms with Gasteiger partial charge < -0.3 is 10.1 Å². The maximum atomic E-state index is 12.4. The molecule has 0 radical (unpaired) electrons. The lowest BCUT2D eigenvalue weighted by Crippen LogP contribution is -2.15. The minimum absolute atomic E-state index is 0.0405. The van der Waals surface area contributed by atoms with Crippen molar-refractivity contribution in [2.45, 2.75) is 12.6 Å². The first-order valence-electron chi connectivity index (χ1n) is 6.45. The molecule has 0 fully saturated rings. The van der Waals surface area contributed by atoms with Crippen LogP contribution in [0.3, 0.4) is 0 Å². The van der Waals surface area contributed by atoms with E-state index in [4.69, 9.17) is 4.74 Å². The van der Waals surface area contributed by atoms with Crippen LogP contribution in [0.2, 0.25) is 0 Å². The molecule has 128 valence electrons. The van der Waals surface area contributed by atoms with Crippen molar-refractivity contribution in [3.8, 4) is 5.75 Å². The summed E-state index contributed by atoms with van der Waals surface area (Å²) in [6, 6.07) is 5.27. The number of nitrogens with zero attached hydrogens (tertiary/aromatic N) is 2. The summed E-state index contributed by atoms with van der Waals surface area (Å²) in [4.78, 5) is 24.8. The molecule has 0 spiro atoms. The maximum absolute atomic E-state index is 12.4. The van der Waals surface area contributed by atoms with E-state index in [0.717, 1.165) is 5.38 Å². The summed E-state index contributed by atoms with van der Waals surface area (Å²) in [6.07, 6.45) is -4.67. The van der Waals surface area contributed by atoms with Crippen LogP contribution >= 0.6 is 11.3 Å². The lowest BCUT2D eigenvalue weighted by Gasteiger charge is -2.05. The SMILES string of the molecule is O=C(CCOc1ccc([N+](=O)[O-])cc1)Nc1nc(C(F)(F)F)cs1. The maximum Gasteiger partial charge on any atom is 0.434 e. The number of rotatable bonds is 6. The molecule has 7 nitrogen and oxygen atoms in total. The molecular formula is C13H10F3N3O4S. The molecule has 0 bridgehead atoms. The molecule has 0 aliphatic carbocycles. The fourth-order valence-electron chi connectivity index (χ4n) is 1.57. The van der Waals surface area contributed by atoms with Crippen molar-refractivity contribution in [1.82, 2.24) is 4.98 Å². The first-order valence-corrected chi connectivity index (χ1v) is 7.33. The van der Waals surface area contributed by atoms with Gasteiger partial charge in [-0.2, -0.15) is 13.2 Å². The number of hydrogen-bond donors (Lipinski definition) is 1. The molecule has 0 unspecified atom stereocenters. The Balaban J connectivity index is 1.79. The Labute approximate surface area is 137 Å². The number of carbonyl (C=O) groups excluding carboxylic acids is 1. The number of hydrogen-bond acceptors (Lipinski definition) is 6. The molecule has 0 saturated carbocycles. The zero-order valence-corrected chi connectivity index (χ0v) is 12.7. The van der Waals surface area contributed by atoms with Crippen LogP contribution in [-0.4, -0.2) is 22.4 Å². The van der Waals surface area contributed by atoms with Crippen LogP contribution in [0.5, 0.6) is 5.75 Å². The second-order valence-corrected chi connectivity index (χ2v) is 5.29. The Morgan fingerprint density at radius 3 is 2.54 bits per heavy atom. The number of halogens is 3. The van der Waals surface area contributed by atoms with Gasteiger partial charge in [0.15, 0.2) is 10.8 Å². The highest BCUT2D eigenvalue weighted by molar-refractivity contribution is 7.13. The van der Waals surface area contributed by atoms with Gasteiger partial charge in [0.2, 0.25) is 5.91 Å². The van der Waals surface area contributed by atoms with E-state index in [2.05, 4.69) is 10.3 Å². The Morgan fingerprint density at radius 2 is 2.00 bits per heavy atom. The molecule has 24 heavy (non-hydrogen) atoms. The van der Waals surface area contributed by atoms with Crippen molar-refractivity contribution in [2.75, 3.05) is 11.9 Å². The van der Waals surface area contributed by atoms with Crippen LogP contribution in [0.15, 0.2) is 29.6 Å². The number of ether oxygens (including phenoxy) is 1. The first kappa shape index (κ1) is 17.7. The predicted molar refractivity (Wildman–Crippen MR) is 79.0 cm³/mol. The van der Waals surface area contributed by atoms with Gasteiger partial charge in [-0.25, -0.2) is 4.98 Å². The Bertz CT molecular complexity index is 731. The van der Waals surface area contributed by atoms with E-state index < -0.39 is 22.7 Å². The fraction of sp³-hybridized carbons (Fsp3) is 0.231. The highest BCUT2D eigenvalue weighted by atomic mass is 32.1. The van der Waals surface area contributed by atoms with Gasteiger partial charge in [-0.3, -0.25) is 14.9 Å². The normalized spacial score (nSPS) is 11.1. The highest BCUT2D eigenvalue weighted by Gasteiger charge is 2.33. The van der Waals surface area contributed by atoms with E-state index in [9.17, 15) is 28.1 Å². The summed E-state index contributed by atoms with van der Waals surface area (Å²) in [5, 5.41) is 13.4. The number of amides is 1. The van der Waals surface area contributed by atoms with E-state index in [1.165, 1.54) is 24.3 Å². The molecule has 1 N–H and O–H groups in total. The van der Waals surface area contributed by atoms with Gasteiger partial charge in [-0.1, -0.05) is 0 Å². The molecular weight excluding hydrogens is 351 g/mol. The zero-order valence-electron chi connectivity index (χ0n) is 11.9. The van der Waals surface area contributed by atoms with Crippen molar-refractivity contribution >= 4 is 28.1 Å². The second kappa shape index (κ2) is 7.25. The van der Waals surface area contributed by atoms with E-state index in [1.54, 1.807) is 0 Å². The molecule has 0 aliphatic rings. The number of aromatic nitrogens is 1. The fourth-order valence-corrected chi connectivity index (χ4v) is 2.30. The lowest BCUT2D eigenvalue weighted by atomic mass is 10.3. The number of benzene rings is 1. The standard InChI is InChI=1S/C13H10F3N3O4S/c14-13(15,16)10-7-24-12(17-10)18-11(20)5-6-23-9-3-1-8(2-4-9)19(21)22/h1-4,7H,5-6H2,(H,17,18,20). The molecule has 0 aliphatic heterocycles. The third kappa shape index (κ3) is 4.91. The minimum atomic E-state index is -4.56. The summed E-state index contributed by atoms with van der Waals surface area (Å²) in [7, 11) is 0. The Kier molecular flexibility index (Phi) is 5.34. The average Bonchev–Trinajstić information content (AvgIpc) is 2.96. The molecule has 1 amide bonds. The van der Waals surface area contributed by atoms with E-state index in [0.29, 0.717) is 17.1 Å². The van der Waals surface area contributed by atoms with Gasteiger partial charge in [0.05, 0.1) is 18.0 Å². The quantitative estimate of drug-likeness (QED) is 0.628. The van der Waals surface area contributed by atoms with Gasteiger partial charge in [0, 0.05) is 17.5 Å². The average molecular weight is 361 g/mol. The van der Waals surface area contributed by atoms with Crippen molar-refractivity contribution < 1.29 is 27.6 Å². The largest absolute Gasteiger partial charge is 0.493 e. The number of nitro groups is 1. The molecule has 11 heteroatoms. The van der Waals surface area contributed by atoms with Gasteiger partial charge >= 0.3 is 6.18 Å². The predicted octanol–water partition coefficient (Wildman–Crippen LogP) is 3.48. The minimum Gasteiger partial charge on any atom is -0.493 e.